The molecule has 0 unspecified atom stereocenters. The molecule has 0 bridgehead atoms. The van der Waals surface area contributed by atoms with Crippen molar-refractivity contribution in [3.05, 3.63) is 33.4 Å². The Hall–Kier alpha value is -1.90. The highest BCUT2D eigenvalue weighted by Gasteiger charge is 2.22. The Labute approximate surface area is 199 Å². The number of benzene rings is 1. The fourth-order valence-electron chi connectivity index (χ4n) is 4.00. The number of hydrogen-bond donors (Lipinski definition) is 2. The van der Waals surface area contributed by atoms with Crippen molar-refractivity contribution >= 4 is 40.9 Å². The van der Waals surface area contributed by atoms with Crippen LogP contribution in [-0.4, -0.2) is 62.4 Å². The third-order valence-electron chi connectivity index (χ3n) is 5.63. The van der Waals surface area contributed by atoms with Gasteiger partial charge in [-0.15, -0.1) is 11.8 Å². The summed E-state index contributed by atoms with van der Waals surface area (Å²) in [5.74, 6) is 1.87. The zero-order chi connectivity index (χ0) is 23.1. The average Bonchev–Trinajstić information content (AvgIpc) is 2.78. The van der Waals surface area contributed by atoms with Crippen molar-refractivity contribution in [2.24, 2.45) is 5.92 Å². The van der Waals surface area contributed by atoms with Crippen LogP contribution in [0.25, 0.3) is 0 Å². The van der Waals surface area contributed by atoms with Gasteiger partial charge in [0.15, 0.2) is 0 Å². The van der Waals surface area contributed by atoms with Crippen LogP contribution in [0.2, 0.25) is 5.02 Å². The van der Waals surface area contributed by atoms with Gasteiger partial charge in [0.1, 0.15) is 16.4 Å². The SMILES string of the molecule is COc1cc(NC(=O)C2=C(C)OCCS2)c(Cl)cc1C(=O)NCCCN1CCC[C@H](C)C1. The number of allylic oxidation sites excluding steroid dienone is 1. The van der Waals surface area contributed by atoms with Gasteiger partial charge in [0, 0.05) is 24.9 Å². The van der Waals surface area contributed by atoms with Crippen molar-refractivity contribution in [1.82, 2.24) is 10.2 Å². The van der Waals surface area contributed by atoms with Gasteiger partial charge in [-0.1, -0.05) is 18.5 Å². The first-order valence-corrected chi connectivity index (χ1v) is 12.4. The molecule has 1 atom stereocenters. The van der Waals surface area contributed by atoms with Gasteiger partial charge in [-0.3, -0.25) is 9.59 Å². The summed E-state index contributed by atoms with van der Waals surface area (Å²) in [6.07, 6.45) is 3.43. The smallest absolute Gasteiger partial charge is 0.265 e. The number of thioether (sulfide) groups is 1. The van der Waals surface area contributed by atoms with E-state index in [1.54, 1.807) is 13.0 Å². The number of carbonyl (C=O) groups is 2. The molecular formula is C23H32ClN3O4S. The van der Waals surface area contributed by atoms with Gasteiger partial charge < -0.3 is 25.0 Å². The summed E-state index contributed by atoms with van der Waals surface area (Å²) in [4.78, 5) is 28.3. The van der Waals surface area contributed by atoms with E-state index in [4.69, 9.17) is 21.1 Å². The van der Waals surface area contributed by atoms with E-state index in [1.165, 1.54) is 37.8 Å². The van der Waals surface area contributed by atoms with Crippen molar-refractivity contribution in [2.45, 2.75) is 33.1 Å². The first-order chi connectivity index (χ1) is 15.4. The number of methoxy groups -OCH3 is 1. The Balaban J connectivity index is 1.59. The maximum Gasteiger partial charge on any atom is 0.265 e. The van der Waals surface area contributed by atoms with Crippen LogP contribution in [0.1, 0.15) is 43.5 Å². The van der Waals surface area contributed by atoms with E-state index in [0.717, 1.165) is 32.0 Å². The van der Waals surface area contributed by atoms with Crippen LogP contribution in [0.5, 0.6) is 5.75 Å². The first kappa shape index (κ1) is 24.7. The summed E-state index contributed by atoms with van der Waals surface area (Å²) in [6, 6.07) is 3.11. The van der Waals surface area contributed by atoms with Crippen LogP contribution < -0.4 is 15.4 Å². The third-order valence-corrected chi connectivity index (χ3v) is 7.08. The van der Waals surface area contributed by atoms with Gasteiger partial charge in [0.2, 0.25) is 0 Å². The maximum atomic E-state index is 12.7. The van der Waals surface area contributed by atoms with Gasteiger partial charge >= 0.3 is 0 Å². The van der Waals surface area contributed by atoms with Crippen molar-refractivity contribution in [3.8, 4) is 5.75 Å². The van der Waals surface area contributed by atoms with E-state index in [-0.39, 0.29) is 16.8 Å². The van der Waals surface area contributed by atoms with Crippen LogP contribution in [-0.2, 0) is 9.53 Å². The standard InChI is InChI=1S/C23H32ClN3O4S/c1-15-6-4-8-27(14-15)9-5-7-25-22(28)17-12-18(24)19(13-20(17)30-3)26-23(29)21-16(2)31-10-11-32-21/h12-13,15H,4-11,14H2,1-3H3,(H,25,28)(H,26,29)/t15-/m0/s1. The van der Waals surface area contributed by atoms with Crippen LogP contribution in [0.4, 0.5) is 5.69 Å². The van der Waals surface area contributed by atoms with Crippen LogP contribution in [0.3, 0.4) is 0 Å². The molecular weight excluding hydrogens is 450 g/mol. The molecule has 32 heavy (non-hydrogen) atoms. The lowest BCUT2D eigenvalue weighted by atomic mass is 10.0. The lowest BCUT2D eigenvalue weighted by molar-refractivity contribution is -0.112. The number of nitrogens with one attached hydrogen (secondary N) is 2. The molecule has 1 saturated heterocycles. The first-order valence-electron chi connectivity index (χ1n) is 11.0. The number of amides is 2. The van der Waals surface area contributed by atoms with Crippen molar-refractivity contribution in [1.29, 1.82) is 0 Å². The second-order valence-corrected chi connectivity index (χ2v) is 9.74. The Kier molecular flexibility index (Phi) is 9.13. The number of hydrogen-bond acceptors (Lipinski definition) is 6. The minimum Gasteiger partial charge on any atom is -0.496 e. The fourth-order valence-corrected chi connectivity index (χ4v) is 5.02. The highest BCUT2D eigenvalue weighted by Crippen LogP contribution is 2.33. The Morgan fingerprint density at radius 1 is 1.34 bits per heavy atom. The van der Waals surface area contributed by atoms with Gasteiger partial charge in [0.05, 0.1) is 30.0 Å². The summed E-state index contributed by atoms with van der Waals surface area (Å²) in [5.41, 5.74) is 0.726. The molecule has 0 aromatic heterocycles. The number of ether oxygens (including phenoxy) is 2. The number of rotatable bonds is 8. The zero-order valence-electron chi connectivity index (χ0n) is 19.0. The van der Waals surface area contributed by atoms with Crippen molar-refractivity contribution in [3.63, 3.8) is 0 Å². The third kappa shape index (κ3) is 6.56. The molecule has 1 aromatic carbocycles. The van der Waals surface area contributed by atoms with E-state index in [9.17, 15) is 9.59 Å². The molecule has 3 rings (SSSR count). The van der Waals surface area contributed by atoms with E-state index in [2.05, 4.69) is 22.5 Å². The molecule has 0 spiro atoms. The average molecular weight is 482 g/mol. The monoisotopic (exact) mass is 481 g/mol. The molecule has 0 radical (unpaired) electrons. The Morgan fingerprint density at radius 3 is 2.88 bits per heavy atom. The highest BCUT2D eigenvalue weighted by atomic mass is 35.5. The number of halogens is 1. The molecule has 2 N–H and O–H groups in total. The van der Waals surface area contributed by atoms with Crippen LogP contribution in [0.15, 0.2) is 22.8 Å². The zero-order valence-corrected chi connectivity index (χ0v) is 20.5. The quantitative estimate of drug-likeness (QED) is 0.543. The predicted molar refractivity (Wildman–Crippen MR) is 130 cm³/mol. The van der Waals surface area contributed by atoms with Gasteiger partial charge in [-0.25, -0.2) is 0 Å². The summed E-state index contributed by atoms with van der Waals surface area (Å²) in [5, 5.41) is 6.02. The van der Waals surface area contributed by atoms with Crippen molar-refractivity contribution in [2.75, 3.05) is 51.0 Å². The van der Waals surface area contributed by atoms with E-state index in [0.29, 0.717) is 46.6 Å². The van der Waals surface area contributed by atoms with Crippen LogP contribution >= 0.6 is 23.4 Å². The predicted octanol–water partition coefficient (Wildman–Crippen LogP) is 4.13. The van der Waals surface area contributed by atoms with E-state index in [1.807, 2.05) is 0 Å². The Bertz CT molecular complexity index is 877. The molecule has 176 valence electrons. The van der Waals surface area contributed by atoms with Gasteiger partial charge in [-0.2, -0.15) is 0 Å². The normalized spacial score (nSPS) is 19.3. The minimum atomic E-state index is -0.291. The van der Waals surface area contributed by atoms with E-state index < -0.39 is 0 Å². The van der Waals surface area contributed by atoms with E-state index >= 15 is 0 Å². The molecule has 2 aliphatic heterocycles. The number of anilines is 1. The molecule has 0 aliphatic carbocycles. The molecule has 2 aliphatic rings. The maximum absolute atomic E-state index is 12.7. The number of carbonyl (C=O) groups excluding carboxylic acids is 2. The molecule has 1 aromatic rings. The largest absolute Gasteiger partial charge is 0.496 e. The molecule has 2 heterocycles. The second-order valence-electron chi connectivity index (χ2n) is 8.23. The summed E-state index contributed by atoms with van der Waals surface area (Å²) >= 11 is 7.83. The topological polar surface area (TPSA) is 79.9 Å². The summed E-state index contributed by atoms with van der Waals surface area (Å²) < 4.78 is 10.9. The molecule has 1 fully saturated rings. The lowest BCUT2D eigenvalue weighted by Crippen LogP contribution is -2.36. The van der Waals surface area contributed by atoms with Crippen LogP contribution in [0, 0.1) is 5.92 Å². The Morgan fingerprint density at radius 2 is 2.16 bits per heavy atom. The molecule has 2 amide bonds. The lowest BCUT2D eigenvalue weighted by Gasteiger charge is -2.30. The van der Waals surface area contributed by atoms with Gasteiger partial charge in [0.25, 0.3) is 11.8 Å². The molecule has 7 nitrogen and oxygen atoms in total. The number of likely N-dealkylation sites (tertiary alicyclic amines) is 1. The fraction of sp³-hybridized carbons (Fsp3) is 0.565. The summed E-state index contributed by atoms with van der Waals surface area (Å²) in [7, 11) is 1.49. The molecule has 9 heteroatoms. The van der Waals surface area contributed by atoms with Gasteiger partial charge in [-0.05, 0) is 51.3 Å². The number of piperidine rings is 1. The minimum absolute atomic E-state index is 0.247. The highest BCUT2D eigenvalue weighted by molar-refractivity contribution is 8.04. The van der Waals surface area contributed by atoms with Crippen molar-refractivity contribution < 1.29 is 19.1 Å². The number of nitrogens with zero attached hydrogens (tertiary/aromatic N) is 1. The molecule has 0 saturated carbocycles. The second kappa shape index (κ2) is 11.8. The summed E-state index contributed by atoms with van der Waals surface area (Å²) in [6.45, 7) is 8.46.